The second-order valence-electron chi connectivity index (χ2n) is 6.20. The van der Waals surface area contributed by atoms with Crippen LogP contribution >= 0.6 is 11.8 Å². The number of aldehydes is 1. The standard InChI is InChI=1S/C20H19NO6S/c22-10-16-17(23)6-3-7-18(16)27-11-13-12-28-9-8-21(13)19(24)14-4-1-2-5-15(14)20(25)26/h1-7,10,13,23H,8-9,11-12H2,(H,25,26)/t13-/m0/s1. The Morgan fingerprint density at radius 1 is 1.18 bits per heavy atom. The molecule has 0 unspecified atom stereocenters. The molecule has 1 amide bonds. The smallest absolute Gasteiger partial charge is 0.336 e. The third kappa shape index (κ3) is 4.12. The van der Waals surface area contributed by atoms with Crippen molar-refractivity contribution < 1.29 is 29.3 Å². The van der Waals surface area contributed by atoms with E-state index in [0.717, 1.165) is 5.75 Å². The average Bonchev–Trinajstić information content (AvgIpc) is 2.72. The number of thioether (sulfide) groups is 1. The molecule has 8 heteroatoms. The molecule has 1 saturated heterocycles. The van der Waals surface area contributed by atoms with E-state index in [1.54, 1.807) is 40.9 Å². The molecular formula is C20H19NO6S. The van der Waals surface area contributed by atoms with Crippen molar-refractivity contribution in [1.82, 2.24) is 4.90 Å². The highest BCUT2D eigenvalue weighted by Crippen LogP contribution is 2.27. The van der Waals surface area contributed by atoms with Crippen LogP contribution in [0.1, 0.15) is 31.1 Å². The summed E-state index contributed by atoms with van der Waals surface area (Å²) in [5, 5.41) is 19.1. The number of ether oxygens (including phenoxy) is 1. The number of aromatic carboxylic acids is 1. The number of carboxylic acid groups (broad SMARTS) is 1. The van der Waals surface area contributed by atoms with Gasteiger partial charge in [0.05, 0.1) is 22.7 Å². The molecule has 0 saturated carbocycles. The van der Waals surface area contributed by atoms with Crippen LogP contribution < -0.4 is 4.74 Å². The van der Waals surface area contributed by atoms with E-state index in [0.29, 0.717) is 18.6 Å². The molecule has 1 atom stereocenters. The Morgan fingerprint density at radius 2 is 1.93 bits per heavy atom. The SMILES string of the molecule is O=Cc1c(O)cccc1OC[C@H]1CSCCN1C(=O)c1ccccc1C(=O)O. The molecule has 0 radical (unpaired) electrons. The molecule has 1 aliphatic rings. The summed E-state index contributed by atoms with van der Waals surface area (Å²) in [5.74, 6) is -0.0888. The Balaban J connectivity index is 1.80. The first-order chi connectivity index (χ1) is 13.5. The lowest BCUT2D eigenvalue weighted by Crippen LogP contribution is -2.49. The van der Waals surface area contributed by atoms with Crippen LogP contribution in [0.5, 0.6) is 11.5 Å². The van der Waals surface area contributed by atoms with E-state index in [1.807, 2.05) is 0 Å². The van der Waals surface area contributed by atoms with Crippen molar-refractivity contribution in [1.29, 1.82) is 0 Å². The van der Waals surface area contributed by atoms with E-state index < -0.39 is 5.97 Å². The fourth-order valence-electron chi connectivity index (χ4n) is 3.03. The first-order valence-corrected chi connectivity index (χ1v) is 9.79. The van der Waals surface area contributed by atoms with Gasteiger partial charge < -0.3 is 19.8 Å². The van der Waals surface area contributed by atoms with Gasteiger partial charge >= 0.3 is 5.97 Å². The Hall–Kier alpha value is -3.00. The third-order valence-electron chi connectivity index (χ3n) is 4.47. The molecule has 0 spiro atoms. The Kier molecular flexibility index (Phi) is 6.20. The lowest BCUT2D eigenvalue weighted by atomic mass is 10.1. The van der Waals surface area contributed by atoms with Crippen LogP contribution in [0.2, 0.25) is 0 Å². The van der Waals surface area contributed by atoms with Gasteiger partial charge in [-0.3, -0.25) is 9.59 Å². The highest BCUT2D eigenvalue weighted by atomic mass is 32.2. The Bertz CT molecular complexity index is 900. The summed E-state index contributed by atoms with van der Waals surface area (Å²) in [6.45, 7) is 0.588. The first kappa shape index (κ1) is 19.8. The van der Waals surface area contributed by atoms with Gasteiger partial charge in [-0.2, -0.15) is 11.8 Å². The molecule has 7 nitrogen and oxygen atoms in total. The quantitative estimate of drug-likeness (QED) is 0.717. The minimum atomic E-state index is -1.15. The van der Waals surface area contributed by atoms with Gasteiger partial charge in [-0.05, 0) is 24.3 Å². The minimum absolute atomic E-state index is 0.0402. The van der Waals surface area contributed by atoms with Crippen LogP contribution in [0.4, 0.5) is 0 Å². The van der Waals surface area contributed by atoms with Crippen LogP contribution in [0.3, 0.4) is 0 Å². The summed E-state index contributed by atoms with van der Waals surface area (Å²) in [6.07, 6.45) is 0.520. The van der Waals surface area contributed by atoms with Crippen molar-refractivity contribution in [3.8, 4) is 11.5 Å². The molecule has 3 rings (SSSR count). The third-order valence-corrected chi connectivity index (χ3v) is 5.56. The zero-order valence-corrected chi connectivity index (χ0v) is 15.7. The van der Waals surface area contributed by atoms with Crippen LogP contribution in [0.15, 0.2) is 42.5 Å². The van der Waals surface area contributed by atoms with Gasteiger partial charge in [-0.15, -0.1) is 0 Å². The van der Waals surface area contributed by atoms with Crippen LogP contribution in [-0.4, -0.2) is 64.0 Å². The van der Waals surface area contributed by atoms with Crippen LogP contribution in [0, 0.1) is 0 Å². The number of rotatable bonds is 6. The van der Waals surface area contributed by atoms with Crippen LogP contribution in [-0.2, 0) is 0 Å². The van der Waals surface area contributed by atoms with Gasteiger partial charge in [0.15, 0.2) is 6.29 Å². The average molecular weight is 401 g/mol. The number of hydrogen-bond acceptors (Lipinski definition) is 6. The fourth-order valence-corrected chi connectivity index (χ4v) is 4.07. The monoisotopic (exact) mass is 401 g/mol. The molecule has 2 N–H and O–H groups in total. The molecule has 2 aromatic rings. The second kappa shape index (κ2) is 8.79. The molecule has 1 aliphatic heterocycles. The maximum atomic E-state index is 13.0. The summed E-state index contributed by atoms with van der Waals surface area (Å²) in [7, 11) is 0. The number of amides is 1. The van der Waals surface area contributed by atoms with E-state index >= 15 is 0 Å². The number of phenolic OH excluding ortho intramolecular Hbond substituents is 1. The number of hydrogen-bond donors (Lipinski definition) is 2. The second-order valence-corrected chi connectivity index (χ2v) is 7.35. The van der Waals surface area contributed by atoms with Gasteiger partial charge in [-0.1, -0.05) is 18.2 Å². The predicted molar refractivity (Wildman–Crippen MR) is 105 cm³/mol. The zero-order chi connectivity index (χ0) is 20.1. The van der Waals surface area contributed by atoms with E-state index in [2.05, 4.69) is 0 Å². The predicted octanol–water partition coefficient (Wildman–Crippen LogP) is 2.54. The van der Waals surface area contributed by atoms with Gasteiger partial charge in [0.1, 0.15) is 18.1 Å². The van der Waals surface area contributed by atoms with Crippen molar-refractivity contribution >= 4 is 29.9 Å². The van der Waals surface area contributed by atoms with Gasteiger partial charge in [0.2, 0.25) is 0 Å². The lowest BCUT2D eigenvalue weighted by Gasteiger charge is -2.35. The maximum Gasteiger partial charge on any atom is 0.336 e. The lowest BCUT2D eigenvalue weighted by molar-refractivity contribution is 0.0623. The first-order valence-electron chi connectivity index (χ1n) is 8.64. The Morgan fingerprint density at radius 3 is 2.64 bits per heavy atom. The highest BCUT2D eigenvalue weighted by Gasteiger charge is 2.30. The minimum Gasteiger partial charge on any atom is -0.507 e. The number of benzene rings is 2. The van der Waals surface area contributed by atoms with Crippen molar-refractivity contribution in [2.24, 2.45) is 0 Å². The molecule has 0 aromatic heterocycles. The van der Waals surface area contributed by atoms with E-state index in [-0.39, 0.29) is 46.7 Å². The van der Waals surface area contributed by atoms with Crippen molar-refractivity contribution in [2.45, 2.75) is 6.04 Å². The van der Waals surface area contributed by atoms with Crippen molar-refractivity contribution in [3.63, 3.8) is 0 Å². The summed E-state index contributed by atoms with van der Waals surface area (Å²) in [5.41, 5.74) is 0.152. The number of carboxylic acids is 1. The molecule has 1 heterocycles. The molecule has 1 fully saturated rings. The van der Waals surface area contributed by atoms with Crippen molar-refractivity contribution in [3.05, 3.63) is 59.2 Å². The molecule has 146 valence electrons. The van der Waals surface area contributed by atoms with E-state index in [4.69, 9.17) is 4.74 Å². The van der Waals surface area contributed by atoms with E-state index in [9.17, 15) is 24.6 Å². The van der Waals surface area contributed by atoms with Crippen LogP contribution in [0.25, 0.3) is 0 Å². The molecular weight excluding hydrogens is 382 g/mol. The summed E-state index contributed by atoms with van der Waals surface area (Å²) in [6, 6.07) is 10.4. The zero-order valence-electron chi connectivity index (χ0n) is 14.9. The summed E-state index contributed by atoms with van der Waals surface area (Å²) < 4.78 is 5.73. The molecule has 0 aliphatic carbocycles. The van der Waals surface area contributed by atoms with Crippen molar-refractivity contribution in [2.75, 3.05) is 24.7 Å². The fraction of sp³-hybridized carbons (Fsp3) is 0.250. The highest BCUT2D eigenvalue weighted by molar-refractivity contribution is 7.99. The molecule has 0 bridgehead atoms. The maximum absolute atomic E-state index is 13.0. The van der Waals surface area contributed by atoms with Gasteiger partial charge in [0.25, 0.3) is 5.91 Å². The topological polar surface area (TPSA) is 104 Å². The van der Waals surface area contributed by atoms with Gasteiger partial charge in [0, 0.05) is 18.1 Å². The Labute approximate surface area is 165 Å². The number of carbonyl (C=O) groups is 3. The normalized spacial score (nSPS) is 16.4. The number of carbonyl (C=O) groups excluding carboxylic acids is 2. The number of phenols is 1. The number of aromatic hydroxyl groups is 1. The number of nitrogens with zero attached hydrogens (tertiary/aromatic N) is 1. The van der Waals surface area contributed by atoms with E-state index in [1.165, 1.54) is 18.2 Å². The summed E-state index contributed by atoms with van der Waals surface area (Å²) >= 11 is 1.67. The van der Waals surface area contributed by atoms with Gasteiger partial charge in [-0.25, -0.2) is 4.79 Å². The molecule has 2 aromatic carbocycles. The largest absolute Gasteiger partial charge is 0.507 e. The molecule has 28 heavy (non-hydrogen) atoms. The summed E-state index contributed by atoms with van der Waals surface area (Å²) in [4.78, 5) is 37.3.